The van der Waals surface area contributed by atoms with Crippen LogP contribution in [-0.4, -0.2) is 36.8 Å². The van der Waals surface area contributed by atoms with Crippen LogP contribution in [0.2, 0.25) is 0 Å². The minimum absolute atomic E-state index is 0.00602. The van der Waals surface area contributed by atoms with Gasteiger partial charge in [-0.05, 0) is 30.7 Å². The molecular formula is C14H13N5O2S. The molecule has 3 aromatic rings. The fourth-order valence-electron chi connectivity index (χ4n) is 2.10. The van der Waals surface area contributed by atoms with Crippen LogP contribution < -0.4 is 4.90 Å². The molecule has 0 spiro atoms. The van der Waals surface area contributed by atoms with E-state index >= 15 is 0 Å². The number of carbonyl (C=O) groups is 1. The average molecular weight is 315 g/mol. The predicted molar refractivity (Wildman–Crippen MR) is 83.3 cm³/mol. The van der Waals surface area contributed by atoms with Crippen molar-refractivity contribution >= 4 is 34.7 Å². The summed E-state index contributed by atoms with van der Waals surface area (Å²) < 4.78 is 8.38. The van der Waals surface area contributed by atoms with Crippen molar-refractivity contribution in [2.75, 3.05) is 11.9 Å². The van der Waals surface area contributed by atoms with Gasteiger partial charge in [0, 0.05) is 19.3 Å². The monoisotopic (exact) mass is 315 g/mol. The van der Waals surface area contributed by atoms with E-state index in [1.807, 2.05) is 25.2 Å². The third-order valence-electron chi connectivity index (χ3n) is 3.14. The van der Waals surface area contributed by atoms with Crippen molar-refractivity contribution < 1.29 is 9.90 Å². The Labute approximate surface area is 130 Å². The lowest BCUT2D eigenvalue weighted by molar-refractivity contribution is 0.0690. The number of carboxylic acid groups (broad SMARTS) is 1. The topological polar surface area (TPSA) is 92.1 Å². The molecule has 112 valence electrons. The van der Waals surface area contributed by atoms with Gasteiger partial charge < -0.3 is 10.0 Å². The van der Waals surface area contributed by atoms with Gasteiger partial charge in [-0.3, -0.25) is 0 Å². The van der Waals surface area contributed by atoms with Gasteiger partial charge in [0.2, 0.25) is 5.95 Å². The highest BCUT2D eigenvalue weighted by molar-refractivity contribution is 7.00. The lowest BCUT2D eigenvalue weighted by atomic mass is 10.2. The average Bonchev–Trinajstić information content (AvgIpc) is 2.94. The van der Waals surface area contributed by atoms with E-state index in [4.69, 9.17) is 5.11 Å². The van der Waals surface area contributed by atoms with Gasteiger partial charge in [-0.1, -0.05) is 6.07 Å². The number of rotatable bonds is 4. The molecule has 1 N–H and O–H groups in total. The number of aryl methyl sites for hydroxylation is 1. The number of aromatic carboxylic acids is 1. The Morgan fingerprint density at radius 3 is 2.77 bits per heavy atom. The van der Waals surface area contributed by atoms with Gasteiger partial charge in [0.25, 0.3) is 0 Å². The van der Waals surface area contributed by atoms with Gasteiger partial charge in [-0.2, -0.15) is 8.75 Å². The van der Waals surface area contributed by atoms with Crippen molar-refractivity contribution in [3.8, 4) is 0 Å². The molecular weight excluding hydrogens is 302 g/mol. The first kappa shape index (κ1) is 14.3. The van der Waals surface area contributed by atoms with E-state index in [2.05, 4.69) is 18.7 Å². The Morgan fingerprint density at radius 1 is 1.23 bits per heavy atom. The molecule has 2 aromatic heterocycles. The van der Waals surface area contributed by atoms with Crippen molar-refractivity contribution in [2.45, 2.75) is 13.5 Å². The summed E-state index contributed by atoms with van der Waals surface area (Å²) >= 11 is 1.18. The predicted octanol–water partition coefficient (Wildman–Crippen LogP) is 2.12. The Kier molecular flexibility index (Phi) is 3.68. The van der Waals surface area contributed by atoms with Crippen LogP contribution in [0.4, 0.5) is 5.95 Å². The molecule has 0 bridgehead atoms. The smallest absolute Gasteiger partial charge is 0.354 e. The largest absolute Gasteiger partial charge is 0.477 e. The van der Waals surface area contributed by atoms with E-state index in [9.17, 15) is 4.79 Å². The number of hydrogen-bond donors (Lipinski definition) is 1. The fourth-order valence-corrected chi connectivity index (χ4v) is 2.62. The lowest BCUT2D eigenvalue weighted by Crippen LogP contribution is -2.20. The van der Waals surface area contributed by atoms with Crippen LogP contribution in [0, 0.1) is 6.92 Å². The minimum Gasteiger partial charge on any atom is -0.477 e. The molecule has 0 aliphatic heterocycles. The normalized spacial score (nSPS) is 10.8. The summed E-state index contributed by atoms with van der Waals surface area (Å²) in [7, 11) is 1.82. The van der Waals surface area contributed by atoms with Crippen molar-refractivity contribution in [2.24, 2.45) is 0 Å². The maximum Gasteiger partial charge on any atom is 0.354 e. The van der Waals surface area contributed by atoms with E-state index in [0.717, 1.165) is 16.6 Å². The Bertz CT molecular complexity index is 848. The zero-order chi connectivity index (χ0) is 15.7. The molecule has 1 aromatic carbocycles. The first-order valence-corrected chi connectivity index (χ1v) is 7.27. The molecule has 3 rings (SSSR count). The van der Waals surface area contributed by atoms with Gasteiger partial charge in [0.05, 0.1) is 11.7 Å². The van der Waals surface area contributed by atoms with E-state index in [0.29, 0.717) is 18.2 Å². The van der Waals surface area contributed by atoms with Crippen LogP contribution in [0.25, 0.3) is 11.0 Å². The highest BCUT2D eigenvalue weighted by Gasteiger charge is 2.12. The van der Waals surface area contributed by atoms with Crippen LogP contribution in [0.15, 0.2) is 24.3 Å². The highest BCUT2D eigenvalue weighted by atomic mass is 32.1. The van der Waals surface area contributed by atoms with Crippen molar-refractivity contribution in [3.05, 3.63) is 41.2 Å². The van der Waals surface area contributed by atoms with Crippen LogP contribution in [0.3, 0.4) is 0 Å². The fraction of sp³-hybridized carbons (Fsp3) is 0.214. The standard InChI is InChI=1S/C14H13N5O2S/c1-8-5-12(13(20)21)16-14(15-8)19(2)7-9-3-4-10-11(6-9)18-22-17-10/h3-6H,7H2,1-2H3,(H,20,21). The van der Waals surface area contributed by atoms with E-state index in [1.165, 1.54) is 17.8 Å². The first-order chi connectivity index (χ1) is 10.5. The lowest BCUT2D eigenvalue weighted by Gasteiger charge is -2.17. The van der Waals surface area contributed by atoms with Gasteiger partial charge in [-0.15, -0.1) is 0 Å². The second-order valence-corrected chi connectivity index (χ2v) is 5.47. The molecule has 0 amide bonds. The Morgan fingerprint density at radius 2 is 2.00 bits per heavy atom. The number of carboxylic acids is 1. The molecule has 0 saturated carbocycles. The maximum absolute atomic E-state index is 11.1. The molecule has 0 fully saturated rings. The highest BCUT2D eigenvalue weighted by Crippen LogP contribution is 2.17. The Balaban J connectivity index is 1.87. The van der Waals surface area contributed by atoms with Gasteiger partial charge in [0.1, 0.15) is 11.0 Å². The van der Waals surface area contributed by atoms with E-state index in [-0.39, 0.29) is 5.69 Å². The quantitative estimate of drug-likeness (QED) is 0.788. The summed E-state index contributed by atoms with van der Waals surface area (Å²) in [6.45, 7) is 2.30. The van der Waals surface area contributed by atoms with Crippen LogP contribution in [-0.2, 0) is 6.54 Å². The minimum atomic E-state index is -1.06. The molecule has 0 aliphatic carbocycles. The first-order valence-electron chi connectivity index (χ1n) is 6.54. The maximum atomic E-state index is 11.1. The van der Waals surface area contributed by atoms with Crippen molar-refractivity contribution in [1.82, 2.24) is 18.7 Å². The SMILES string of the molecule is Cc1cc(C(=O)O)nc(N(C)Cc2ccc3nsnc3c2)n1. The zero-order valence-electron chi connectivity index (χ0n) is 12.0. The zero-order valence-corrected chi connectivity index (χ0v) is 12.8. The molecule has 8 heteroatoms. The number of nitrogens with zero attached hydrogens (tertiary/aromatic N) is 5. The number of benzene rings is 1. The third-order valence-corrected chi connectivity index (χ3v) is 3.70. The molecule has 0 saturated heterocycles. The van der Waals surface area contributed by atoms with E-state index < -0.39 is 5.97 Å². The summed E-state index contributed by atoms with van der Waals surface area (Å²) in [5, 5.41) is 9.08. The molecule has 0 radical (unpaired) electrons. The van der Waals surface area contributed by atoms with Gasteiger partial charge in [0.15, 0.2) is 5.69 Å². The summed E-state index contributed by atoms with van der Waals surface area (Å²) in [6.07, 6.45) is 0. The summed E-state index contributed by atoms with van der Waals surface area (Å²) in [6, 6.07) is 7.30. The number of anilines is 1. The molecule has 7 nitrogen and oxygen atoms in total. The molecule has 0 atom stereocenters. The Hall–Kier alpha value is -2.61. The van der Waals surface area contributed by atoms with Crippen LogP contribution in [0.1, 0.15) is 21.7 Å². The summed E-state index contributed by atoms with van der Waals surface area (Å²) in [5.74, 6) is -0.677. The number of hydrogen-bond acceptors (Lipinski definition) is 7. The summed E-state index contributed by atoms with van der Waals surface area (Å²) in [5.41, 5.74) is 3.37. The molecule has 2 heterocycles. The van der Waals surface area contributed by atoms with Crippen LogP contribution >= 0.6 is 11.7 Å². The number of aromatic nitrogens is 4. The van der Waals surface area contributed by atoms with Crippen LogP contribution in [0.5, 0.6) is 0 Å². The van der Waals surface area contributed by atoms with Gasteiger partial charge >= 0.3 is 5.97 Å². The molecule has 22 heavy (non-hydrogen) atoms. The molecule has 0 aliphatic rings. The van der Waals surface area contributed by atoms with Crippen molar-refractivity contribution in [1.29, 1.82) is 0 Å². The molecule has 0 unspecified atom stereocenters. The second-order valence-electron chi connectivity index (χ2n) is 4.94. The third kappa shape index (κ3) is 2.86. The second kappa shape index (κ2) is 5.64. The van der Waals surface area contributed by atoms with E-state index in [1.54, 1.807) is 11.8 Å². The van der Waals surface area contributed by atoms with Crippen molar-refractivity contribution in [3.63, 3.8) is 0 Å². The number of fused-ring (bicyclic) bond motifs is 1. The van der Waals surface area contributed by atoms with Gasteiger partial charge in [-0.25, -0.2) is 14.8 Å². The summed E-state index contributed by atoms with van der Waals surface area (Å²) in [4.78, 5) is 21.2.